The molecule has 3 heterocycles. The number of para-hydroxylation sites is 1. The van der Waals surface area contributed by atoms with Gasteiger partial charge in [0, 0.05) is 53.2 Å². The van der Waals surface area contributed by atoms with Gasteiger partial charge in [0.05, 0.1) is 0 Å². The van der Waals surface area contributed by atoms with E-state index in [-0.39, 0.29) is 0 Å². The lowest BCUT2D eigenvalue weighted by Gasteiger charge is -2.11. The van der Waals surface area contributed by atoms with Crippen LogP contribution in [0.15, 0.2) is 192 Å². The summed E-state index contributed by atoms with van der Waals surface area (Å²) >= 11 is 1.85. The monoisotopic (exact) mass is 733 g/mol. The van der Waals surface area contributed by atoms with Gasteiger partial charge in [0.2, 0.25) is 0 Å². The van der Waals surface area contributed by atoms with Crippen molar-refractivity contribution in [2.75, 3.05) is 0 Å². The van der Waals surface area contributed by atoms with Crippen LogP contribution in [0.3, 0.4) is 0 Å². The summed E-state index contributed by atoms with van der Waals surface area (Å²) in [7, 11) is 0. The normalized spacial score (nSPS) is 11.6. The summed E-state index contributed by atoms with van der Waals surface area (Å²) < 4.78 is 9.35. The molecule has 0 aliphatic rings. The Morgan fingerprint density at radius 1 is 0.339 bits per heavy atom. The highest BCUT2D eigenvalue weighted by Crippen LogP contribution is 2.43. The number of hydrogen-bond acceptors (Lipinski definition) is 5. The second-order valence-electron chi connectivity index (χ2n) is 14.0. The highest BCUT2D eigenvalue weighted by molar-refractivity contribution is 7.25. The molecule has 8 aromatic carbocycles. The molecular weight excluding hydrogens is 703 g/mol. The van der Waals surface area contributed by atoms with Crippen molar-refractivity contribution in [3.8, 4) is 67.5 Å². The number of benzene rings is 8. The topological polar surface area (TPSA) is 51.8 Å². The van der Waals surface area contributed by atoms with Gasteiger partial charge in [-0.15, -0.1) is 11.3 Å². The molecule has 11 rings (SSSR count). The SMILES string of the molecule is c1ccc(-c2nc(-c3ccccc3)nc(-c3cccc(-c4ccc(-c5ccc(-c6ccc7c(c6)sc6ccccc67)cc5)c5c4oc4ccccc45)c3)n2)cc1. The molecule has 3 aromatic heterocycles. The molecular formula is C51H31N3OS. The van der Waals surface area contributed by atoms with E-state index in [4.69, 9.17) is 19.4 Å². The second-order valence-corrected chi connectivity index (χ2v) is 15.1. The maximum absolute atomic E-state index is 6.72. The van der Waals surface area contributed by atoms with Crippen molar-refractivity contribution in [1.29, 1.82) is 0 Å². The average Bonchev–Trinajstić information content (AvgIpc) is 3.85. The average molecular weight is 734 g/mol. The molecule has 0 fully saturated rings. The van der Waals surface area contributed by atoms with Crippen LogP contribution in [-0.2, 0) is 0 Å². The first-order valence-electron chi connectivity index (χ1n) is 18.7. The van der Waals surface area contributed by atoms with Crippen LogP contribution >= 0.6 is 11.3 Å². The van der Waals surface area contributed by atoms with E-state index >= 15 is 0 Å². The number of fused-ring (bicyclic) bond motifs is 6. The Labute approximate surface area is 327 Å². The Kier molecular flexibility index (Phi) is 7.64. The zero-order chi connectivity index (χ0) is 37.0. The zero-order valence-corrected chi connectivity index (χ0v) is 30.9. The number of aromatic nitrogens is 3. The summed E-state index contributed by atoms with van der Waals surface area (Å²) in [4.78, 5) is 14.9. The first-order chi connectivity index (χ1) is 27.7. The van der Waals surface area contributed by atoms with Gasteiger partial charge in [-0.05, 0) is 58.1 Å². The minimum absolute atomic E-state index is 0.614. The van der Waals surface area contributed by atoms with Crippen molar-refractivity contribution in [1.82, 2.24) is 15.0 Å². The maximum atomic E-state index is 6.72. The molecule has 0 bridgehead atoms. The van der Waals surface area contributed by atoms with Gasteiger partial charge in [-0.2, -0.15) is 0 Å². The third-order valence-corrected chi connectivity index (χ3v) is 11.7. The summed E-state index contributed by atoms with van der Waals surface area (Å²) in [6.45, 7) is 0. The molecule has 262 valence electrons. The van der Waals surface area contributed by atoms with E-state index in [1.165, 1.54) is 31.3 Å². The fourth-order valence-electron chi connectivity index (χ4n) is 7.81. The van der Waals surface area contributed by atoms with E-state index in [1.807, 2.05) is 84.1 Å². The smallest absolute Gasteiger partial charge is 0.164 e. The molecule has 0 radical (unpaired) electrons. The number of thiophene rings is 1. The van der Waals surface area contributed by atoms with Gasteiger partial charge in [0.25, 0.3) is 0 Å². The lowest BCUT2D eigenvalue weighted by Crippen LogP contribution is -2.00. The predicted molar refractivity (Wildman–Crippen MR) is 233 cm³/mol. The van der Waals surface area contributed by atoms with E-state index < -0.39 is 0 Å². The molecule has 0 saturated carbocycles. The van der Waals surface area contributed by atoms with Gasteiger partial charge in [-0.3, -0.25) is 0 Å². The van der Waals surface area contributed by atoms with Crippen LogP contribution in [-0.4, -0.2) is 15.0 Å². The molecule has 0 amide bonds. The van der Waals surface area contributed by atoms with E-state index in [1.54, 1.807) is 0 Å². The second kappa shape index (κ2) is 13.3. The number of nitrogens with zero attached hydrogens (tertiary/aromatic N) is 3. The minimum Gasteiger partial charge on any atom is -0.455 e. The van der Waals surface area contributed by atoms with Crippen LogP contribution in [0, 0.1) is 0 Å². The highest BCUT2D eigenvalue weighted by Gasteiger charge is 2.19. The zero-order valence-electron chi connectivity index (χ0n) is 30.1. The van der Waals surface area contributed by atoms with Crippen molar-refractivity contribution in [2.24, 2.45) is 0 Å². The van der Waals surface area contributed by atoms with Gasteiger partial charge in [-0.1, -0.05) is 158 Å². The largest absolute Gasteiger partial charge is 0.455 e. The molecule has 0 aliphatic heterocycles. The predicted octanol–water partition coefficient (Wildman–Crippen LogP) is 14.1. The Bertz CT molecular complexity index is 3180. The Morgan fingerprint density at radius 3 is 1.64 bits per heavy atom. The summed E-state index contributed by atoms with van der Waals surface area (Å²) in [6, 6.07) is 65.7. The molecule has 0 N–H and O–H groups in total. The maximum Gasteiger partial charge on any atom is 0.164 e. The van der Waals surface area contributed by atoms with Gasteiger partial charge < -0.3 is 4.42 Å². The Hall–Kier alpha value is -7.21. The molecule has 5 heteroatoms. The van der Waals surface area contributed by atoms with Crippen LogP contribution in [0.25, 0.3) is 110 Å². The first-order valence-corrected chi connectivity index (χ1v) is 19.5. The van der Waals surface area contributed by atoms with Gasteiger partial charge >= 0.3 is 0 Å². The third-order valence-electron chi connectivity index (χ3n) is 10.6. The molecule has 0 spiro atoms. The first kappa shape index (κ1) is 32.2. The molecule has 0 unspecified atom stereocenters. The fourth-order valence-corrected chi connectivity index (χ4v) is 8.95. The molecule has 4 nitrogen and oxygen atoms in total. The van der Waals surface area contributed by atoms with E-state index in [9.17, 15) is 0 Å². The molecule has 56 heavy (non-hydrogen) atoms. The lowest BCUT2D eigenvalue weighted by atomic mass is 9.93. The van der Waals surface area contributed by atoms with E-state index in [0.29, 0.717) is 17.5 Å². The number of hydrogen-bond donors (Lipinski definition) is 0. The molecule has 0 atom stereocenters. The van der Waals surface area contributed by atoms with Crippen LogP contribution in [0.2, 0.25) is 0 Å². The number of rotatable bonds is 6. The fraction of sp³-hybridized carbons (Fsp3) is 0. The van der Waals surface area contributed by atoms with E-state index in [2.05, 4.69) is 115 Å². The summed E-state index contributed by atoms with van der Waals surface area (Å²) in [5.74, 6) is 1.88. The van der Waals surface area contributed by atoms with Crippen molar-refractivity contribution in [3.05, 3.63) is 188 Å². The van der Waals surface area contributed by atoms with Gasteiger partial charge in [0.15, 0.2) is 17.5 Å². The number of furan rings is 1. The van der Waals surface area contributed by atoms with Crippen molar-refractivity contribution in [2.45, 2.75) is 0 Å². The van der Waals surface area contributed by atoms with Crippen LogP contribution < -0.4 is 0 Å². The summed E-state index contributed by atoms with van der Waals surface area (Å²) in [5.41, 5.74) is 11.2. The molecule has 11 aromatic rings. The molecule has 0 aliphatic carbocycles. The Balaban J connectivity index is 1.01. The van der Waals surface area contributed by atoms with E-state index in [0.717, 1.165) is 60.9 Å². The third kappa shape index (κ3) is 5.56. The van der Waals surface area contributed by atoms with Gasteiger partial charge in [0.1, 0.15) is 11.2 Å². The van der Waals surface area contributed by atoms with Crippen LogP contribution in [0.5, 0.6) is 0 Å². The van der Waals surface area contributed by atoms with Crippen LogP contribution in [0.4, 0.5) is 0 Å². The summed E-state index contributed by atoms with van der Waals surface area (Å²) in [5, 5.41) is 4.82. The van der Waals surface area contributed by atoms with Crippen molar-refractivity contribution in [3.63, 3.8) is 0 Å². The van der Waals surface area contributed by atoms with Crippen molar-refractivity contribution >= 4 is 53.4 Å². The lowest BCUT2D eigenvalue weighted by molar-refractivity contribution is 0.670. The Morgan fingerprint density at radius 2 is 0.893 bits per heavy atom. The molecule has 0 saturated heterocycles. The summed E-state index contributed by atoms with van der Waals surface area (Å²) in [6.07, 6.45) is 0. The highest BCUT2D eigenvalue weighted by atomic mass is 32.1. The van der Waals surface area contributed by atoms with Crippen molar-refractivity contribution < 1.29 is 4.42 Å². The van der Waals surface area contributed by atoms with Gasteiger partial charge in [-0.25, -0.2) is 15.0 Å². The standard InChI is InChI=1S/C51H31N3OS/c1-3-12-34(13-4-1)49-52-50(35-14-5-2-6-15-35)54-51(53-49)38-17-11-16-37(30-38)40-29-28-39(47-43-19-7-9-20-44(43)55-48(40)47)33-24-22-32(23-25-33)36-26-27-42-41-18-8-10-21-45(41)56-46(42)31-36/h1-31H. The minimum atomic E-state index is 0.614. The quantitative estimate of drug-likeness (QED) is 0.171. The van der Waals surface area contributed by atoms with Crippen LogP contribution in [0.1, 0.15) is 0 Å².